The van der Waals surface area contributed by atoms with Gasteiger partial charge in [0.1, 0.15) is 5.76 Å². The molecule has 3 rings (SSSR count). The SMILES string of the molecule is Nc1nc(=O)n2ccn(C3(O)C=CC=C3O)c2n1. The van der Waals surface area contributed by atoms with Crippen LogP contribution in [-0.2, 0) is 5.72 Å². The molecule has 0 aliphatic heterocycles. The number of anilines is 1. The highest BCUT2D eigenvalue weighted by molar-refractivity contribution is 5.40. The molecule has 2 heterocycles. The van der Waals surface area contributed by atoms with Crippen LogP contribution in [0.2, 0.25) is 0 Å². The molecular formula is C10H9N5O3. The highest BCUT2D eigenvalue weighted by Crippen LogP contribution is 2.28. The van der Waals surface area contributed by atoms with Gasteiger partial charge < -0.3 is 15.9 Å². The molecule has 1 aliphatic rings. The van der Waals surface area contributed by atoms with Gasteiger partial charge >= 0.3 is 5.69 Å². The maximum Gasteiger partial charge on any atom is 0.357 e. The van der Waals surface area contributed by atoms with Gasteiger partial charge in [-0.15, -0.1) is 0 Å². The molecule has 1 aliphatic carbocycles. The number of imidazole rings is 1. The summed E-state index contributed by atoms with van der Waals surface area (Å²) in [7, 11) is 0. The predicted molar refractivity (Wildman–Crippen MR) is 61.7 cm³/mol. The number of nitrogens with zero attached hydrogens (tertiary/aromatic N) is 4. The molecule has 0 fully saturated rings. The van der Waals surface area contributed by atoms with Crippen LogP contribution in [0.1, 0.15) is 0 Å². The first-order chi connectivity index (χ1) is 8.52. The minimum atomic E-state index is -1.76. The van der Waals surface area contributed by atoms with Crippen LogP contribution in [-0.4, -0.2) is 29.1 Å². The quantitative estimate of drug-likeness (QED) is 0.602. The van der Waals surface area contributed by atoms with Gasteiger partial charge in [-0.2, -0.15) is 9.97 Å². The van der Waals surface area contributed by atoms with Gasteiger partial charge in [0, 0.05) is 12.4 Å². The molecule has 0 spiro atoms. The molecule has 2 aromatic heterocycles. The molecule has 0 bridgehead atoms. The summed E-state index contributed by atoms with van der Waals surface area (Å²) in [6.07, 6.45) is 7.00. The van der Waals surface area contributed by atoms with E-state index in [1.807, 2.05) is 0 Å². The van der Waals surface area contributed by atoms with E-state index in [2.05, 4.69) is 9.97 Å². The normalized spacial score (nSPS) is 22.6. The lowest BCUT2D eigenvalue weighted by molar-refractivity contribution is 0.0178. The van der Waals surface area contributed by atoms with Crippen LogP contribution in [0.15, 0.2) is 41.2 Å². The Morgan fingerprint density at radius 2 is 2.11 bits per heavy atom. The maximum absolute atomic E-state index is 11.6. The number of allylic oxidation sites excluding steroid dienone is 2. The average molecular weight is 247 g/mol. The van der Waals surface area contributed by atoms with Gasteiger partial charge in [-0.05, 0) is 12.2 Å². The summed E-state index contributed by atoms with van der Waals surface area (Å²) >= 11 is 0. The molecule has 8 nitrogen and oxygen atoms in total. The van der Waals surface area contributed by atoms with E-state index in [0.717, 1.165) is 4.40 Å². The Bertz CT molecular complexity index is 756. The van der Waals surface area contributed by atoms with E-state index in [1.54, 1.807) is 0 Å². The lowest BCUT2D eigenvalue weighted by atomic mass is 10.2. The molecule has 2 aromatic rings. The van der Waals surface area contributed by atoms with E-state index >= 15 is 0 Å². The molecule has 1 atom stereocenters. The fraction of sp³-hybridized carbons (Fsp3) is 0.100. The standard InChI is InChI=1S/C10H9N5O3/c11-7-12-8-14(9(17)13-7)4-5-15(8)10(18)3-1-2-6(10)16/h1-5,16,18H,(H2,11,13,17). The second-order valence-electron chi connectivity index (χ2n) is 3.84. The van der Waals surface area contributed by atoms with Crippen molar-refractivity contribution >= 4 is 11.7 Å². The summed E-state index contributed by atoms with van der Waals surface area (Å²) in [5, 5.41) is 20.0. The summed E-state index contributed by atoms with van der Waals surface area (Å²) in [5.74, 6) is -0.388. The van der Waals surface area contributed by atoms with Crippen LogP contribution in [0, 0.1) is 0 Å². The van der Waals surface area contributed by atoms with Crippen LogP contribution in [0.25, 0.3) is 5.78 Å². The fourth-order valence-electron chi connectivity index (χ4n) is 1.87. The van der Waals surface area contributed by atoms with Crippen LogP contribution < -0.4 is 11.4 Å². The Morgan fingerprint density at radius 3 is 2.78 bits per heavy atom. The number of hydrogen-bond donors (Lipinski definition) is 3. The lowest BCUT2D eigenvalue weighted by Crippen LogP contribution is -2.32. The van der Waals surface area contributed by atoms with E-state index in [4.69, 9.17) is 5.73 Å². The molecule has 0 saturated carbocycles. The van der Waals surface area contributed by atoms with Crippen molar-refractivity contribution in [2.75, 3.05) is 5.73 Å². The molecule has 92 valence electrons. The predicted octanol–water partition coefficient (Wildman–Crippen LogP) is -0.870. The van der Waals surface area contributed by atoms with Crippen molar-refractivity contribution in [3.63, 3.8) is 0 Å². The van der Waals surface area contributed by atoms with Crippen molar-refractivity contribution in [3.8, 4) is 0 Å². The van der Waals surface area contributed by atoms with Crippen molar-refractivity contribution in [2.24, 2.45) is 0 Å². The molecule has 8 heteroatoms. The van der Waals surface area contributed by atoms with Gasteiger partial charge in [0.15, 0.2) is 0 Å². The van der Waals surface area contributed by atoms with E-state index in [0.29, 0.717) is 0 Å². The number of nitrogens with two attached hydrogens (primary N) is 1. The number of aliphatic hydroxyl groups excluding tert-OH is 1. The minimum absolute atomic E-state index is 0.0847. The maximum atomic E-state index is 11.6. The summed E-state index contributed by atoms with van der Waals surface area (Å²) in [4.78, 5) is 18.9. The zero-order valence-electron chi connectivity index (χ0n) is 9.06. The van der Waals surface area contributed by atoms with Crippen LogP contribution in [0.4, 0.5) is 5.95 Å². The Hall–Kier alpha value is -2.61. The fourth-order valence-corrected chi connectivity index (χ4v) is 1.87. The van der Waals surface area contributed by atoms with E-state index in [-0.39, 0.29) is 17.5 Å². The Kier molecular flexibility index (Phi) is 1.87. The van der Waals surface area contributed by atoms with Gasteiger partial charge in [-0.3, -0.25) is 4.57 Å². The topological polar surface area (TPSA) is 119 Å². The number of hydrogen-bond acceptors (Lipinski definition) is 6. The van der Waals surface area contributed by atoms with E-state index < -0.39 is 11.4 Å². The number of nitrogen functional groups attached to an aromatic ring is 1. The molecule has 4 N–H and O–H groups in total. The van der Waals surface area contributed by atoms with Gasteiger partial charge in [0.2, 0.25) is 17.5 Å². The third kappa shape index (κ3) is 1.20. The van der Waals surface area contributed by atoms with Crippen molar-refractivity contribution in [3.05, 3.63) is 46.9 Å². The first kappa shape index (κ1) is 10.5. The Labute approximate surface area is 99.9 Å². The molecular weight excluding hydrogens is 238 g/mol. The van der Waals surface area contributed by atoms with E-state index in [9.17, 15) is 15.0 Å². The number of aromatic nitrogens is 4. The number of fused-ring (bicyclic) bond motifs is 1. The first-order valence-corrected chi connectivity index (χ1v) is 5.07. The third-order valence-corrected chi connectivity index (χ3v) is 2.75. The molecule has 0 saturated heterocycles. The third-order valence-electron chi connectivity index (χ3n) is 2.75. The largest absolute Gasteiger partial charge is 0.507 e. The highest BCUT2D eigenvalue weighted by Gasteiger charge is 2.35. The monoisotopic (exact) mass is 247 g/mol. The summed E-state index contributed by atoms with van der Waals surface area (Å²) < 4.78 is 2.34. The van der Waals surface area contributed by atoms with Gasteiger partial charge in [0.05, 0.1) is 0 Å². The van der Waals surface area contributed by atoms with Crippen LogP contribution in [0.5, 0.6) is 0 Å². The molecule has 0 aromatic carbocycles. The van der Waals surface area contributed by atoms with Gasteiger partial charge in [-0.1, -0.05) is 6.08 Å². The average Bonchev–Trinajstić information content (AvgIpc) is 2.85. The number of aliphatic hydroxyl groups is 2. The Morgan fingerprint density at radius 1 is 1.33 bits per heavy atom. The van der Waals surface area contributed by atoms with Crippen molar-refractivity contribution in [1.82, 2.24) is 18.9 Å². The number of rotatable bonds is 1. The second kappa shape index (κ2) is 3.20. The summed E-state index contributed by atoms with van der Waals surface area (Å²) in [6, 6.07) is 0. The Balaban J connectivity index is 2.35. The molecule has 1 unspecified atom stereocenters. The zero-order chi connectivity index (χ0) is 12.9. The van der Waals surface area contributed by atoms with Crippen molar-refractivity contribution in [1.29, 1.82) is 0 Å². The smallest absolute Gasteiger partial charge is 0.357 e. The van der Waals surface area contributed by atoms with Crippen molar-refractivity contribution < 1.29 is 10.2 Å². The van der Waals surface area contributed by atoms with Gasteiger partial charge in [0.25, 0.3) is 0 Å². The second-order valence-corrected chi connectivity index (χ2v) is 3.84. The zero-order valence-corrected chi connectivity index (χ0v) is 9.06. The van der Waals surface area contributed by atoms with Crippen molar-refractivity contribution in [2.45, 2.75) is 5.72 Å². The highest BCUT2D eigenvalue weighted by atomic mass is 16.4. The molecule has 18 heavy (non-hydrogen) atoms. The molecule has 0 amide bonds. The summed E-state index contributed by atoms with van der Waals surface area (Å²) in [6.45, 7) is 0. The lowest BCUT2D eigenvalue weighted by Gasteiger charge is -2.23. The first-order valence-electron chi connectivity index (χ1n) is 5.07. The van der Waals surface area contributed by atoms with E-state index in [1.165, 1.54) is 35.2 Å². The molecule has 0 radical (unpaired) electrons. The van der Waals surface area contributed by atoms with Gasteiger partial charge in [-0.25, -0.2) is 9.20 Å². The minimum Gasteiger partial charge on any atom is -0.507 e. The summed E-state index contributed by atoms with van der Waals surface area (Å²) in [5.41, 5.74) is 3.04. The van der Waals surface area contributed by atoms with Crippen LogP contribution >= 0.6 is 0 Å². The van der Waals surface area contributed by atoms with Crippen LogP contribution in [0.3, 0.4) is 0 Å².